The van der Waals surface area contributed by atoms with Crippen LogP contribution >= 0.6 is 0 Å². The van der Waals surface area contributed by atoms with Crippen molar-refractivity contribution in [2.75, 3.05) is 21.2 Å². The predicted octanol–water partition coefficient (Wildman–Crippen LogP) is 3.34. The van der Waals surface area contributed by atoms with Gasteiger partial charge in [0.15, 0.2) is 0 Å². The maximum atomic E-state index is 13.1. The summed E-state index contributed by atoms with van der Waals surface area (Å²) in [5.41, 5.74) is 1.94. The van der Waals surface area contributed by atoms with Crippen molar-refractivity contribution < 1.29 is 17.9 Å². The van der Waals surface area contributed by atoms with E-state index < -0.39 is 10.0 Å². The van der Waals surface area contributed by atoms with Crippen molar-refractivity contribution in [1.82, 2.24) is 19.6 Å². The molecule has 1 atom stereocenters. The van der Waals surface area contributed by atoms with Crippen LogP contribution in [0.5, 0.6) is 5.75 Å². The van der Waals surface area contributed by atoms with Crippen LogP contribution in [0.3, 0.4) is 0 Å². The van der Waals surface area contributed by atoms with E-state index in [9.17, 15) is 13.2 Å². The number of fused-ring (bicyclic) bond motifs is 1. The Bertz CT molecular complexity index is 1150. The molecule has 0 aliphatic rings. The zero-order chi connectivity index (χ0) is 22.8. The van der Waals surface area contributed by atoms with Gasteiger partial charge in [0, 0.05) is 19.7 Å². The fourth-order valence-corrected chi connectivity index (χ4v) is 4.38. The molecule has 0 bridgehead atoms. The molecule has 0 spiro atoms. The van der Waals surface area contributed by atoms with Crippen molar-refractivity contribution in [3.05, 3.63) is 53.9 Å². The topological polar surface area (TPSA) is 104 Å². The van der Waals surface area contributed by atoms with Crippen LogP contribution in [0, 0.1) is 5.92 Å². The molecular formula is C22H28N4O4S. The Labute approximate surface area is 182 Å². The summed E-state index contributed by atoms with van der Waals surface area (Å²) in [6, 6.07) is 11.7. The van der Waals surface area contributed by atoms with Gasteiger partial charge in [0.25, 0.3) is 5.91 Å². The molecule has 0 saturated heterocycles. The lowest BCUT2D eigenvalue weighted by molar-refractivity contribution is 0.0930. The van der Waals surface area contributed by atoms with Gasteiger partial charge in [-0.2, -0.15) is 0 Å². The number of hydrogen-bond donors (Lipinski definition) is 2. The molecule has 9 heteroatoms. The third-order valence-corrected chi connectivity index (χ3v) is 6.77. The van der Waals surface area contributed by atoms with Gasteiger partial charge in [-0.1, -0.05) is 26.0 Å². The van der Waals surface area contributed by atoms with Crippen LogP contribution in [0.25, 0.3) is 11.0 Å². The minimum atomic E-state index is -3.78. The van der Waals surface area contributed by atoms with Gasteiger partial charge >= 0.3 is 0 Å². The standard InChI is InChI=1S/C22H28N4O4S/c1-14(2)12-18(21-23-16-8-6-7-9-17(16)24-21)25-22(27)15-10-11-19(30-5)20(13-15)31(28,29)26(3)4/h6-11,13-14,18H,12H2,1-5H3,(H,23,24)(H,25,27)/t18-/m0/s1. The van der Waals surface area contributed by atoms with Gasteiger partial charge in [-0.3, -0.25) is 4.79 Å². The molecule has 0 aliphatic heterocycles. The van der Waals surface area contributed by atoms with Crippen molar-refractivity contribution >= 4 is 27.0 Å². The Hall–Kier alpha value is -2.91. The molecule has 3 rings (SSSR count). The molecule has 1 aromatic heterocycles. The summed E-state index contributed by atoms with van der Waals surface area (Å²) < 4.78 is 31.6. The van der Waals surface area contributed by atoms with Crippen molar-refractivity contribution in [3.8, 4) is 5.75 Å². The third-order valence-electron chi connectivity index (χ3n) is 4.93. The Kier molecular flexibility index (Phi) is 6.66. The smallest absolute Gasteiger partial charge is 0.251 e. The summed E-state index contributed by atoms with van der Waals surface area (Å²) in [6.45, 7) is 4.13. The number of benzene rings is 2. The quantitative estimate of drug-likeness (QED) is 0.554. The van der Waals surface area contributed by atoms with E-state index in [0.717, 1.165) is 15.3 Å². The SMILES string of the molecule is COc1ccc(C(=O)N[C@@H](CC(C)C)c2nc3ccccc3[nH]2)cc1S(=O)(=O)N(C)C. The Balaban J connectivity index is 1.95. The number of H-pyrrole nitrogens is 1. The lowest BCUT2D eigenvalue weighted by Crippen LogP contribution is -2.30. The summed E-state index contributed by atoms with van der Waals surface area (Å²) >= 11 is 0. The molecular weight excluding hydrogens is 416 g/mol. The Morgan fingerprint density at radius 2 is 1.90 bits per heavy atom. The highest BCUT2D eigenvalue weighted by Gasteiger charge is 2.25. The van der Waals surface area contributed by atoms with Crippen LogP contribution in [0.2, 0.25) is 0 Å². The van der Waals surface area contributed by atoms with Gasteiger partial charge in [0.1, 0.15) is 16.5 Å². The molecule has 2 N–H and O–H groups in total. The molecule has 0 saturated carbocycles. The average molecular weight is 445 g/mol. The van der Waals surface area contributed by atoms with Gasteiger partial charge in [-0.05, 0) is 42.7 Å². The second kappa shape index (κ2) is 9.07. The van der Waals surface area contributed by atoms with Gasteiger partial charge < -0.3 is 15.0 Å². The molecule has 0 unspecified atom stereocenters. The molecule has 0 radical (unpaired) electrons. The minimum Gasteiger partial charge on any atom is -0.495 e. The first-order chi connectivity index (χ1) is 14.6. The number of rotatable bonds is 8. The van der Waals surface area contributed by atoms with Crippen molar-refractivity contribution in [3.63, 3.8) is 0 Å². The number of amides is 1. The lowest BCUT2D eigenvalue weighted by Gasteiger charge is -2.20. The number of methoxy groups -OCH3 is 1. The van der Waals surface area contributed by atoms with Gasteiger partial charge in [0.05, 0.1) is 24.2 Å². The molecule has 3 aromatic rings. The number of sulfonamides is 1. The fourth-order valence-electron chi connectivity index (χ4n) is 3.31. The fraction of sp³-hybridized carbons (Fsp3) is 0.364. The van der Waals surface area contributed by atoms with E-state index in [1.54, 1.807) is 6.07 Å². The number of ether oxygens (including phenoxy) is 1. The number of nitrogens with one attached hydrogen (secondary N) is 2. The van der Waals surface area contributed by atoms with Crippen molar-refractivity contribution in [2.45, 2.75) is 31.2 Å². The highest BCUT2D eigenvalue weighted by atomic mass is 32.2. The Morgan fingerprint density at radius 1 is 1.19 bits per heavy atom. The normalized spacial score (nSPS) is 13.0. The first kappa shape index (κ1) is 22.8. The van der Waals surface area contributed by atoms with E-state index in [4.69, 9.17) is 4.74 Å². The van der Waals surface area contributed by atoms with E-state index in [0.29, 0.717) is 18.2 Å². The second-order valence-corrected chi connectivity index (χ2v) is 10.1. The van der Waals surface area contributed by atoms with Gasteiger partial charge in [-0.15, -0.1) is 0 Å². The number of hydrogen-bond acceptors (Lipinski definition) is 5. The van der Waals surface area contributed by atoms with E-state index >= 15 is 0 Å². The van der Waals surface area contributed by atoms with Crippen LogP contribution < -0.4 is 10.1 Å². The zero-order valence-electron chi connectivity index (χ0n) is 18.3. The molecule has 31 heavy (non-hydrogen) atoms. The summed E-state index contributed by atoms with van der Waals surface area (Å²) in [5.74, 6) is 0.766. The minimum absolute atomic E-state index is 0.0585. The summed E-state index contributed by atoms with van der Waals surface area (Å²) in [4.78, 5) is 20.9. The van der Waals surface area contributed by atoms with E-state index in [-0.39, 0.29) is 28.2 Å². The van der Waals surface area contributed by atoms with Crippen molar-refractivity contribution in [1.29, 1.82) is 0 Å². The van der Waals surface area contributed by atoms with Crippen LogP contribution in [0.4, 0.5) is 0 Å². The first-order valence-corrected chi connectivity index (χ1v) is 11.4. The number of carbonyl (C=O) groups is 1. The largest absolute Gasteiger partial charge is 0.495 e. The monoisotopic (exact) mass is 444 g/mol. The van der Waals surface area contributed by atoms with E-state index in [1.807, 2.05) is 24.3 Å². The van der Waals surface area contributed by atoms with Crippen LogP contribution in [-0.2, 0) is 10.0 Å². The van der Waals surface area contributed by atoms with Gasteiger partial charge in [0.2, 0.25) is 10.0 Å². The molecule has 0 aliphatic carbocycles. The van der Waals surface area contributed by atoms with Gasteiger partial charge in [-0.25, -0.2) is 17.7 Å². The van der Waals surface area contributed by atoms with Crippen LogP contribution in [-0.4, -0.2) is 49.8 Å². The number of nitrogens with zero attached hydrogens (tertiary/aromatic N) is 2. The average Bonchev–Trinajstić information content (AvgIpc) is 3.16. The first-order valence-electron chi connectivity index (χ1n) is 9.99. The lowest BCUT2D eigenvalue weighted by atomic mass is 10.0. The van der Waals surface area contributed by atoms with E-state index in [1.165, 1.54) is 33.3 Å². The highest BCUT2D eigenvalue weighted by Crippen LogP contribution is 2.28. The van der Waals surface area contributed by atoms with Crippen LogP contribution in [0.15, 0.2) is 47.4 Å². The molecule has 0 fully saturated rings. The number of aromatic amines is 1. The number of imidazole rings is 1. The van der Waals surface area contributed by atoms with Crippen LogP contribution in [0.1, 0.15) is 42.5 Å². The molecule has 1 amide bonds. The number of para-hydroxylation sites is 2. The van der Waals surface area contributed by atoms with Crippen molar-refractivity contribution in [2.24, 2.45) is 5.92 Å². The maximum absolute atomic E-state index is 13.1. The Morgan fingerprint density at radius 3 is 2.52 bits per heavy atom. The maximum Gasteiger partial charge on any atom is 0.251 e. The third kappa shape index (κ3) is 4.88. The molecule has 166 valence electrons. The summed E-state index contributed by atoms with van der Waals surface area (Å²) in [5, 5.41) is 3.01. The molecule has 2 aromatic carbocycles. The highest BCUT2D eigenvalue weighted by molar-refractivity contribution is 7.89. The number of carbonyl (C=O) groups excluding carboxylic acids is 1. The second-order valence-electron chi connectivity index (χ2n) is 7.95. The zero-order valence-corrected chi connectivity index (χ0v) is 19.2. The molecule has 8 nitrogen and oxygen atoms in total. The number of aromatic nitrogens is 2. The van der Waals surface area contributed by atoms with E-state index in [2.05, 4.69) is 29.1 Å². The predicted molar refractivity (Wildman–Crippen MR) is 120 cm³/mol. The summed E-state index contributed by atoms with van der Waals surface area (Å²) in [7, 11) is 0.475. The summed E-state index contributed by atoms with van der Waals surface area (Å²) in [6.07, 6.45) is 0.671. The molecule has 1 heterocycles.